The molecule has 1 amide bonds. The number of aromatic nitrogens is 2. The molecule has 0 saturated carbocycles. The van der Waals surface area contributed by atoms with Crippen molar-refractivity contribution < 1.29 is 22.7 Å². The molecular weight excluding hydrogens is 490 g/mol. The van der Waals surface area contributed by atoms with Gasteiger partial charge in [-0.15, -0.1) is 0 Å². The second-order valence-electron chi connectivity index (χ2n) is 7.18. The normalized spacial score (nSPS) is 10.8. The molecule has 0 aliphatic carbocycles. The summed E-state index contributed by atoms with van der Waals surface area (Å²) in [5, 5.41) is 5.51. The van der Waals surface area contributed by atoms with Gasteiger partial charge in [0.15, 0.2) is 5.11 Å². The Balaban J connectivity index is 1.60. The fraction of sp³-hybridized carbons (Fsp3) is 0.217. The van der Waals surface area contributed by atoms with Crippen LogP contribution in [0.25, 0.3) is 0 Å². The van der Waals surface area contributed by atoms with Crippen LogP contribution < -0.4 is 24.8 Å². The van der Waals surface area contributed by atoms with Crippen molar-refractivity contribution in [2.45, 2.75) is 24.7 Å². The first-order valence-corrected chi connectivity index (χ1v) is 12.5. The van der Waals surface area contributed by atoms with Gasteiger partial charge < -0.3 is 14.8 Å². The summed E-state index contributed by atoms with van der Waals surface area (Å²) in [7, 11) is -2.57. The number of sulfonamides is 1. The number of ether oxygens (including phenoxy) is 2. The van der Waals surface area contributed by atoms with Crippen molar-refractivity contribution in [1.29, 1.82) is 0 Å². The van der Waals surface area contributed by atoms with E-state index in [9.17, 15) is 13.2 Å². The number of hydrogen-bond acceptors (Lipinski definition) is 8. The quantitative estimate of drug-likeness (QED) is 0.274. The monoisotopic (exact) mass is 515 g/mol. The maximum absolute atomic E-state index is 12.7. The number of thiocarbonyl (C=S) groups is 1. The Hall–Kier alpha value is -3.77. The maximum atomic E-state index is 12.7. The van der Waals surface area contributed by atoms with Crippen LogP contribution in [0.15, 0.2) is 65.8 Å². The van der Waals surface area contributed by atoms with Gasteiger partial charge in [-0.05, 0) is 61.1 Å². The predicted molar refractivity (Wildman–Crippen MR) is 136 cm³/mol. The minimum atomic E-state index is -3.93. The van der Waals surface area contributed by atoms with Crippen LogP contribution in [0.1, 0.15) is 30.1 Å². The molecule has 0 unspecified atom stereocenters. The summed E-state index contributed by atoms with van der Waals surface area (Å²) in [5.41, 5.74) is 0.887. The highest BCUT2D eigenvalue weighted by Gasteiger charge is 2.18. The third-order valence-electron chi connectivity index (χ3n) is 4.60. The summed E-state index contributed by atoms with van der Waals surface area (Å²) in [5.74, 6) is 0.230. The highest BCUT2D eigenvalue weighted by molar-refractivity contribution is 7.92. The SMILES string of the molecule is CCCCOc1cccc(C(=O)NC(=S)Nc2ccc(S(=O)(=O)Nc3nccnc3OC)cc2)c1. The summed E-state index contributed by atoms with van der Waals surface area (Å²) in [6.07, 6.45) is 4.67. The number of rotatable bonds is 10. The standard InChI is InChI=1S/C23H25N5O5S2/c1-3-4-14-33-18-7-5-6-16(15-18)21(29)27-23(34)26-17-8-10-19(11-9-17)35(30,31)28-20-22(32-2)25-13-12-24-20/h5-13,15H,3-4,14H2,1-2H3,(H,24,28)(H2,26,27,29,34). The highest BCUT2D eigenvalue weighted by atomic mass is 32.2. The topological polar surface area (TPSA) is 132 Å². The molecule has 1 heterocycles. The maximum Gasteiger partial charge on any atom is 0.263 e. The van der Waals surface area contributed by atoms with Crippen LogP contribution in [0.2, 0.25) is 0 Å². The largest absolute Gasteiger partial charge is 0.494 e. The van der Waals surface area contributed by atoms with E-state index in [1.165, 1.54) is 43.8 Å². The number of benzene rings is 2. The molecule has 1 aromatic heterocycles. The second-order valence-corrected chi connectivity index (χ2v) is 9.27. The van der Waals surface area contributed by atoms with Gasteiger partial charge in [-0.1, -0.05) is 19.4 Å². The molecule has 0 aliphatic rings. The Kier molecular flexibility index (Phi) is 8.92. The van der Waals surface area contributed by atoms with Crippen LogP contribution in [0.5, 0.6) is 11.6 Å². The van der Waals surface area contributed by atoms with Crippen molar-refractivity contribution in [1.82, 2.24) is 15.3 Å². The van der Waals surface area contributed by atoms with E-state index < -0.39 is 15.9 Å². The molecule has 184 valence electrons. The average molecular weight is 516 g/mol. The number of nitrogens with zero attached hydrogens (tertiary/aromatic N) is 2. The van der Waals surface area contributed by atoms with Crippen molar-refractivity contribution in [2.24, 2.45) is 0 Å². The average Bonchev–Trinajstić information content (AvgIpc) is 2.85. The molecule has 3 rings (SSSR count). The van der Waals surface area contributed by atoms with E-state index in [2.05, 4.69) is 32.2 Å². The number of methoxy groups -OCH3 is 1. The first-order chi connectivity index (χ1) is 16.8. The number of nitrogens with one attached hydrogen (secondary N) is 3. The van der Waals surface area contributed by atoms with Gasteiger partial charge in [-0.2, -0.15) is 0 Å². The van der Waals surface area contributed by atoms with E-state index in [-0.39, 0.29) is 21.7 Å². The fourth-order valence-electron chi connectivity index (χ4n) is 2.85. The Morgan fingerprint density at radius 1 is 1.09 bits per heavy atom. The zero-order valence-electron chi connectivity index (χ0n) is 19.1. The van der Waals surface area contributed by atoms with Crippen LogP contribution in [0.3, 0.4) is 0 Å². The number of carbonyl (C=O) groups excluding carboxylic acids is 1. The first-order valence-electron chi connectivity index (χ1n) is 10.7. The molecule has 0 radical (unpaired) electrons. The number of unbranched alkanes of at least 4 members (excludes halogenated alkanes) is 1. The van der Waals surface area contributed by atoms with Crippen LogP contribution in [0.4, 0.5) is 11.5 Å². The van der Waals surface area contributed by atoms with E-state index >= 15 is 0 Å². The lowest BCUT2D eigenvalue weighted by Gasteiger charge is -2.12. The smallest absolute Gasteiger partial charge is 0.263 e. The molecule has 3 aromatic rings. The van der Waals surface area contributed by atoms with Crippen LogP contribution in [-0.4, -0.2) is 43.1 Å². The van der Waals surface area contributed by atoms with Crippen molar-refractivity contribution in [3.63, 3.8) is 0 Å². The molecule has 2 aromatic carbocycles. The lowest BCUT2D eigenvalue weighted by Crippen LogP contribution is -2.34. The Labute approximate surface area is 209 Å². The fourth-order valence-corrected chi connectivity index (χ4v) is 4.06. The summed E-state index contributed by atoms with van der Waals surface area (Å²) in [6.45, 7) is 2.65. The van der Waals surface area contributed by atoms with Gasteiger partial charge in [0.25, 0.3) is 21.8 Å². The van der Waals surface area contributed by atoms with Gasteiger partial charge in [-0.25, -0.2) is 18.4 Å². The molecule has 12 heteroatoms. The van der Waals surface area contributed by atoms with Crippen molar-refractivity contribution in [2.75, 3.05) is 23.8 Å². The number of amides is 1. The van der Waals surface area contributed by atoms with Gasteiger partial charge in [-0.3, -0.25) is 14.8 Å². The molecule has 3 N–H and O–H groups in total. The highest BCUT2D eigenvalue weighted by Crippen LogP contribution is 2.22. The molecule has 0 aliphatic heterocycles. The third kappa shape index (κ3) is 7.36. The zero-order chi connectivity index (χ0) is 25.3. The van der Waals surface area contributed by atoms with E-state index in [0.717, 1.165) is 12.8 Å². The molecule has 0 saturated heterocycles. The predicted octanol–water partition coefficient (Wildman–Crippen LogP) is 3.59. The summed E-state index contributed by atoms with van der Waals surface area (Å²) in [6, 6.07) is 12.6. The van der Waals surface area contributed by atoms with E-state index in [1.54, 1.807) is 24.3 Å². The lowest BCUT2D eigenvalue weighted by molar-refractivity contribution is 0.0977. The van der Waals surface area contributed by atoms with E-state index in [1.807, 2.05) is 0 Å². The Morgan fingerprint density at radius 3 is 2.54 bits per heavy atom. The first kappa shape index (κ1) is 25.8. The summed E-state index contributed by atoms with van der Waals surface area (Å²) in [4.78, 5) is 20.4. The molecule has 0 spiro atoms. The van der Waals surface area contributed by atoms with E-state index in [0.29, 0.717) is 23.6 Å². The van der Waals surface area contributed by atoms with Gasteiger partial charge in [0.1, 0.15) is 5.75 Å². The van der Waals surface area contributed by atoms with Gasteiger partial charge in [0.2, 0.25) is 5.82 Å². The lowest BCUT2D eigenvalue weighted by atomic mass is 10.2. The molecule has 0 fully saturated rings. The minimum absolute atomic E-state index is 0.00871. The van der Waals surface area contributed by atoms with Crippen molar-refractivity contribution in [3.05, 3.63) is 66.5 Å². The Bertz CT molecular complexity index is 1280. The number of carbonyl (C=O) groups is 1. The molecule has 10 nitrogen and oxygen atoms in total. The third-order valence-corrected chi connectivity index (χ3v) is 6.16. The van der Waals surface area contributed by atoms with Crippen molar-refractivity contribution in [3.8, 4) is 11.6 Å². The summed E-state index contributed by atoms with van der Waals surface area (Å²) >= 11 is 5.22. The van der Waals surface area contributed by atoms with Gasteiger partial charge in [0.05, 0.1) is 18.6 Å². The van der Waals surface area contributed by atoms with Crippen LogP contribution >= 0.6 is 12.2 Å². The number of anilines is 2. The van der Waals surface area contributed by atoms with E-state index in [4.69, 9.17) is 21.7 Å². The van der Waals surface area contributed by atoms with Crippen LogP contribution in [0, 0.1) is 0 Å². The molecule has 35 heavy (non-hydrogen) atoms. The van der Waals surface area contributed by atoms with Crippen LogP contribution in [-0.2, 0) is 10.0 Å². The second kappa shape index (κ2) is 12.1. The summed E-state index contributed by atoms with van der Waals surface area (Å²) < 4.78 is 38.3. The molecular formula is C23H25N5O5S2. The molecule has 0 bridgehead atoms. The van der Waals surface area contributed by atoms with Crippen molar-refractivity contribution >= 4 is 44.8 Å². The molecule has 0 atom stereocenters. The van der Waals surface area contributed by atoms with Gasteiger partial charge in [0, 0.05) is 23.6 Å². The van der Waals surface area contributed by atoms with Gasteiger partial charge >= 0.3 is 0 Å². The number of hydrogen-bond donors (Lipinski definition) is 3. The minimum Gasteiger partial charge on any atom is -0.494 e. The Morgan fingerprint density at radius 2 is 1.83 bits per heavy atom. The zero-order valence-corrected chi connectivity index (χ0v) is 20.8.